The molecule has 0 saturated heterocycles. The topological polar surface area (TPSA) is 65.4 Å². The molecule has 2 aromatic rings. The lowest BCUT2D eigenvalue weighted by atomic mass is 9.65. The van der Waals surface area contributed by atoms with Crippen molar-refractivity contribution in [1.29, 1.82) is 5.26 Å². The molecular formula is C24H24F2N4. The predicted octanol–water partition coefficient (Wildman–Crippen LogP) is 4.68. The second kappa shape index (κ2) is 6.94. The van der Waals surface area contributed by atoms with Crippen LogP contribution in [0.1, 0.15) is 48.8 Å². The molecule has 154 valence electrons. The van der Waals surface area contributed by atoms with E-state index in [1.54, 1.807) is 18.9 Å². The van der Waals surface area contributed by atoms with Crippen molar-refractivity contribution in [2.24, 2.45) is 10.7 Å². The average molecular weight is 406 g/mol. The highest BCUT2D eigenvalue weighted by molar-refractivity contribution is 5.82. The van der Waals surface area contributed by atoms with E-state index in [1.165, 1.54) is 12.1 Å². The van der Waals surface area contributed by atoms with Gasteiger partial charge in [-0.25, -0.2) is 13.8 Å². The molecule has 2 aliphatic rings. The van der Waals surface area contributed by atoms with Gasteiger partial charge in [-0.15, -0.1) is 0 Å². The summed E-state index contributed by atoms with van der Waals surface area (Å²) in [4.78, 5) is 6.31. The number of hydrogen-bond acceptors (Lipinski definition) is 4. The summed E-state index contributed by atoms with van der Waals surface area (Å²) in [5, 5.41) is 9.62. The van der Waals surface area contributed by atoms with Crippen LogP contribution in [-0.4, -0.2) is 17.9 Å². The van der Waals surface area contributed by atoms with Crippen LogP contribution in [0, 0.1) is 23.0 Å². The van der Waals surface area contributed by atoms with Gasteiger partial charge in [-0.3, -0.25) is 0 Å². The zero-order valence-electron chi connectivity index (χ0n) is 17.1. The van der Waals surface area contributed by atoms with Gasteiger partial charge in [-0.05, 0) is 43.4 Å². The lowest BCUT2D eigenvalue weighted by Crippen LogP contribution is -2.47. The fraction of sp³-hybridized carbons (Fsp3) is 0.333. The summed E-state index contributed by atoms with van der Waals surface area (Å²) in [6.07, 6.45) is 2.78. The van der Waals surface area contributed by atoms with Crippen LogP contribution >= 0.6 is 0 Å². The quantitative estimate of drug-likeness (QED) is 0.805. The number of nitrogens with zero attached hydrogens (tertiary/aromatic N) is 3. The first-order chi connectivity index (χ1) is 14.2. The van der Waals surface area contributed by atoms with E-state index in [1.807, 2.05) is 24.3 Å². The zero-order chi connectivity index (χ0) is 21.7. The van der Waals surface area contributed by atoms with Crippen LogP contribution in [0.3, 0.4) is 0 Å². The summed E-state index contributed by atoms with van der Waals surface area (Å²) in [5.41, 5.74) is 7.39. The normalized spacial score (nSPS) is 25.3. The van der Waals surface area contributed by atoms with Crippen LogP contribution in [0.2, 0.25) is 0 Å². The van der Waals surface area contributed by atoms with E-state index < -0.39 is 28.5 Å². The van der Waals surface area contributed by atoms with Crippen LogP contribution in [0.4, 0.5) is 8.78 Å². The molecule has 1 aliphatic carbocycles. The van der Waals surface area contributed by atoms with Gasteiger partial charge in [0.2, 0.25) is 0 Å². The molecular weight excluding hydrogens is 382 g/mol. The predicted molar refractivity (Wildman–Crippen MR) is 113 cm³/mol. The molecule has 2 N–H and O–H groups in total. The second-order valence-corrected chi connectivity index (χ2v) is 8.39. The highest BCUT2D eigenvalue weighted by Crippen LogP contribution is 2.49. The Morgan fingerprint density at radius 3 is 2.40 bits per heavy atom. The van der Waals surface area contributed by atoms with Crippen molar-refractivity contribution < 1.29 is 8.78 Å². The molecule has 1 aliphatic heterocycles. The largest absolute Gasteiger partial charge is 0.370 e. The van der Waals surface area contributed by atoms with Crippen LogP contribution in [-0.2, 0) is 11.0 Å². The minimum atomic E-state index is -1.10. The summed E-state index contributed by atoms with van der Waals surface area (Å²) >= 11 is 0. The number of nitrogens with two attached hydrogens (primary N) is 1. The van der Waals surface area contributed by atoms with Crippen molar-refractivity contribution in [3.8, 4) is 6.07 Å². The summed E-state index contributed by atoms with van der Waals surface area (Å²) in [6, 6.07) is 13.8. The Balaban J connectivity index is 1.83. The monoisotopic (exact) mass is 406 g/mol. The van der Waals surface area contributed by atoms with Crippen LogP contribution in [0.25, 0.3) is 0 Å². The Hall–Kier alpha value is -3.20. The minimum Gasteiger partial charge on any atom is -0.370 e. The molecule has 0 unspecified atom stereocenters. The summed E-state index contributed by atoms with van der Waals surface area (Å²) < 4.78 is 28.4. The van der Waals surface area contributed by atoms with Gasteiger partial charge in [-0.1, -0.05) is 36.9 Å². The molecule has 1 heterocycles. The highest BCUT2D eigenvalue weighted by atomic mass is 19.1. The SMILES string of the molecule is C=C1[C@@H](c2ccc(C3(C#N)CCC3)cc2)[C@@](C)(c2ccc(F)cc2F)N=C(N)N1C. The van der Waals surface area contributed by atoms with Crippen molar-refractivity contribution >= 4 is 5.96 Å². The molecule has 4 rings (SSSR count). The standard InChI is InChI=1S/C24H24F2N4/c1-15-21(16-5-7-17(8-6-16)24(14-27)11-4-12-24)23(2,29-22(28)30(15)3)19-10-9-18(25)13-20(19)26/h5-10,13,21H,1,4,11-12H2,2-3H3,(H2,28,29)/t21-,23+/m0/s1. The highest BCUT2D eigenvalue weighted by Gasteiger charge is 2.46. The third-order valence-corrected chi connectivity index (χ3v) is 6.71. The second-order valence-electron chi connectivity index (χ2n) is 8.39. The molecule has 0 amide bonds. The molecule has 2 aromatic carbocycles. The molecule has 2 atom stereocenters. The molecule has 30 heavy (non-hydrogen) atoms. The van der Waals surface area contributed by atoms with Crippen molar-refractivity contribution in [2.45, 2.75) is 43.1 Å². The van der Waals surface area contributed by atoms with Gasteiger partial charge in [0, 0.05) is 24.4 Å². The Bertz CT molecular complexity index is 1080. The molecule has 0 spiro atoms. The summed E-state index contributed by atoms with van der Waals surface area (Å²) in [5.74, 6) is -1.52. The maximum atomic E-state index is 14.8. The minimum absolute atomic E-state index is 0.219. The van der Waals surface area contributed by atoms with Crippen LogP contribution in [0.5, 0.6) is 0 Å². The summed E-state index contributed by atoms with van der Waals surface area (Å²) in [7, 11) is 1.77. The lowest BCUT2D eigenvalue weighted by Gasteiger charge is -2.44. The smallest absolute Gasteiger partial charge is 0.196 e. The molecule has 4 nitrogen and oxygen atoms in total. The maximum absolute atomic E-state index is 14.8. The van der Waals surface area contributed by atoms with E-state index in [2.05, 4.69) is 17.6 Å². The average Bonchev–Trinajstić information content (AvgIpc) is 2.67. The zero-order valence-corrected chi connectivity index (χ0v) is 17.1. The van der Waals surface area contributed by atoms with E-state index in [4.69, 9.17) is 5.73 Å². The molecule has 0 radical (unpaired) electrons. The van der Waals surface area contributed by atoms with Crippen molar-refractivity contribution in [3.63, 3.8) is 0 Å². The number of rotatable bonds is 3. The van der Waals surface area contributed by atoms with E-state index in [0.29, 0.717) is 5.70 Å². The number of likely N-dealkylation sites (N-methyl/N-ethyl adjacent to an activating group) is 1. The van der Waals surface area contributed by atoms with Crippen LogP contribution in [0.15, 0.2) is 59.7 Å². The first kappa shape index (κ1) is 20.1. The summed E-state index contributed by atoms with van der Waals surface area (Å²) in [6.45, 7) is 5.99. The lowest BCUT2D eigenvalue weighted by molar-refractivity contribution is 0.323. The van der Waals surface area contributed by atoms with E-state index >= 15 is 0 Å². The van der Waals surface area contributed by atoms with Crippen molar-refractivity contribution in [2.75, 3.05) is 7.05 Å². The van der Waals surface area contributed by atoms with Gasteiger partial charge in [0.1, 0.15) is 17.2 Å². The Morgan fingerprint density at radius 2 is 1.87 bits per heavy atom. The number of benzene rings is 2. The number of halogens is 2. The van der Waals surface area contributed by atoms with Crippen molar-refractivity contribution in [3.05, 3.63) is 83.1 Å². The van der Waals surface area contributed by atoms with E-state index in [9.17, 15) is 14.0 Å². The molecule has 6 heteroatoms. The number of hydrogen-bond donors (Lipinski definition) is 1. The van der Waals surface area contributed by atoms with Gasteiger partial charge in [-0.2, -0.15) is 5.26 Å². The number of nitriles is 1. The Kier molecular flexibility index (Phi) is 4.65. The van der Waals surface area contributed by atoms with Crippen LogP contribution < -0.4 is 5.73 Å². The number of guanidine groups is 1. The Morgan fingerprint density at radius 1 is 1.20 bits per heavy atom. The third kappa shape index (κ3) is 2.88. The fourth-order valence-electron chi connectivity index (χ4n) is 4.67. The van der Waals surface area contributed by atoms with E-state index in [-0.39, 0.29) is 11.5 Å². The molecule has 0 aromatic heterocycles. The first-order valence-electron chi connectivity index (χ1n) is 9.97. The van der Waals surface area contributed by atoms with Crippen molar-refractivity contribution in [1.82, 2.24) is 4.90 Å². The van der Waals surface area contributed by atoms with Gasteiger partial charge < -0.3 is 10.6 Å². The molecule has 1 saturated carbocycles. The fourth-order valence-corrected chi connectivity index (χ4v) is 4.67. The van der Waals surface area contributed by atoms with E-state index in [0.717, 1.165) is 36.5 Å². The first-order valence-corrected chi connectivity index (χ1v) is 9.97. The van der Waals surface area contributed by atoms with Gasteiger partial charge >= 0.3 is 0 Å². The number of aliphatic imine (C=N–C) groups is 1. The van der Waals surface area contributed by atoms with Gasteiger partial charge in [0.25, 0.3) is 0 Å². The third-order valence-electron chi connectivity index (χ3n) is 6.71. The van der Waals surface area contributed by atoms with Gasteiger partial charge in [0.05, 0.1) is 17.4 Å². The molecule has 0 bridgehead atoms. The molecule has 1 fully saturated rings. The van der Waals surface area contributed by atoms with Gasteiger partial charge in [0.15, 0.2) is 5.96 Å². The Labute approximate surface area is 175 Å². The maximum Gasteiger partial charge on any atom is 0.196 e.